The number of carboxylic acid groups (broad SMARTS) is 1. The Bertz CT molecular complexity index is 962. The highest BCUT2D eigenvalue weighted by molar-refractivity contribution is 7.80. The third-order valence-electron chi connectivity index (χ3n) is 4.17. The van der Waals surface area contributed by atoms with E-state index in [1.54, 1.807) is 12.1 Å². The van der Waals surface area contributed by atoms with Crippen LogP contribution in [0.2, 0.25) is 0 Å². The standard InChI is InChI=1S/C20H16N2O4S/c1-2-12-5-9-15(10-6-12)22-18(24)16(17(23)21-20(22)27)11-13-3-7-14(8-4-13)19(25)26/h3-11H,2H2,1H3,(H,25,26)(H,21,23,27)/b16-11+. The maximum Gasteiger partial charge on any atom is 0.335 e. The second-order valence-corrected chi connectivity index (χ2v) is 6.29. The Labute approximate surface area is 161 Å². The monoisotopic (exact) mass is 380 g/mol. The van der Waals surface area contributed by atoms with Crippen molar-refractivity contribution in [3.8, 4) is 0 Å². The van der Waals surface area contributed by atoms with E-state index in [9.17, 15) is 14.4 Å². The molecule has 3 rings (SSSR count). The van der Waals surface area contributed by atoms with Crippen LogP contribution >= 0.6 is 12.2 Å². The second-order valence-electron chi connectivity index (χ2n) is 5.91. The van der Waals surface area contributed by atoms with E-state index in [0.717, 1.165) is 12.0 Å². The van der Waals surface area contributed by atoms with Gasteiger partial charge in [-0.2, -0.15) is 0 Å². The van der Waals surface area contributed by atoms with Crippen LogP contribution in [-0.4, -0.2) is 28.0 Å². The molecule has 7 heteroatoms. The fourth-order valence-electron chi connectivity index (χ4n) is 2.66. The largest absolute Gasteiger partial charge is 0.478 e. The van der Waals surface area contributed by atoms with E-state index in [2.05, 4.69) is 5.32 Å². The number of aryl methyl sites for hydroxylation is 1. The topological polar surface area (TPSA) is 86.7 Å². The highest BCUT2D eigenvalue weighted by atomic mass is 32.1. The molecular weight excluding hydrogens is 364 g/mol. The molecule has 2 aromatic carbocycles. The number of amides is 2. The number of thiocarbonyl (C=S) groups is 1. The minimum atomic E-state index is -1.05. The van der Waals surface area contributed by atoms with Crippen molar-refractivity contribution in [3.63, 3.8) is 0 Å². The van der Waals surface area contributed by atoms with Gasteiger partial charge in [0.05, 0.1) is 11.3 Å². The lowest BCUT2D eigenvalue weighted by Crippen LogP contribution is -2.54. The molecular formula is C20H16N2O4S. The lowest BCUT2D eigenvalue weighted by atomic mass is 10.1. The molecule has 1 fully saturated rings. The Balaban J connectivity index is 1.95. The fourth-order valence-corrected chi connectivity index (χ4v) is 2.94. The summed E-state index contributed by atoms with van der Waals surface area (Å²) >= 11 is 5.17. The zero-order valence-corrected chi connectivity index (χ0v) is 15.2. The molecule has 0 radical (unpaired) electrons. The van der Waals surface area contributed by atoms with E-state index < -0.39 is 17.8 Å². The first-order valence-electron chi connectivity index (χ1n) is 8.24. The molecule has 2 N–H and O–H groups in total. The minimum Gasteiger partial charge on any atom is -0.478 e. The van der Waals surface area contributed by atoms with E-state index in [4.69, 9.17) is 17.3 Å². The molecule has 1 aliphatic rings. The van der Waals surface area contributed by atoms with E-state index in [1.807, 2.05) is 19.1 Å². The molecule has 136 valence electrons. The summed E-state index contributed by atoms with van der Waals surface area (Å²) in [5, 5.41) is 11.5. The summed E-state index contributed by atoms with van der Waals surface area (Å²) in [4.78, 5) is 37.4. The Morgan fingerprint density at radius 2 is 1.74 bits per heavy atom. The minimum absolute atomic E-state index is 0.0209. The number of nitrogens with zero attached hydrogens (tertiary/aromatic N) is 1. The van der Waals surface area contributed by atoms with Gasteiger partial charge >= 0.3 is 5.97 Å². The number of anilines is 1. The van der Waals surface area contributed by atoms with Crippen molar-refractivity contribution in [2.45, 2.75) is 13.3 Å². The quantitative estimate of drug-likeness (QED) is 0.484. The molecule has 0 atom stereocenters. The van der Waals surface area contributed by atoms with Gasteiger partial charge in [0.25, 0.3) is 11.8 Å². The molecule has 2 amide bonds. The van der Waals surface area contributed by atoms with E-state index in [0.29, 0.717) is 11.3 Å². The van der Waals surface area contributed by atoms with Crippen LogP contribution in [0.25, 0.3) is 6.08 Å². The van der Waals surface area contributed by atoms with Crippen molar-refractivity contribution < 1.29 is 19.5 Å². The number of nitrogens with one attached hydrogen (secondary N) is 1. The van der Waals surface area contributed by atoms with Crippen molar-refractivity contribution in [2.75, 3.05) is 4.90 Å². The normalized spacial score (nSPS) is 15.8. The zero-order valence-electron chi connectivity index (χ0n) is 14.4. The first-order valence-corrected chi connectivity index (χ1v) is 8.65. The van der Waals surface area contributed by atoms with Crippen molar-refractivity contribution in [3.05, 3.63) is 70.8 Å². The maximum absolute atomic E-state index is 12.9. The Morgan fingerprint density at radius 1 is 1.11 bits per heavy atom. The van der Waals surface area contributed by atoms with Gasteiger partial charge in [0, 0.05) is 0 Å². The number of rotatable bonds is 4. The molecule has 0 spiro atoms. The van der Waals surface area contributed by atoms with Crippen LogP contribution in [0.15, 0.2) is 54.1 Å². The third kappa shape index (κ3) is 3.78. The summed E-state index contributed by atoms with van der Waals surface area (Å²) in [6, 6.07) is 13.2. The number of carbonyl (C=O) groups is 3. The summed E-state index contributed by atoms with van der Waals surface area (Å²) < 4.78 is 0. The van der Waals surface area contributed by atoms with Crippen molar-refractivity contribution in [1.29, 1.82) is 0 Å². The molecule has 0 aliphatic carbocycles. The van der Waals surface area contributed by atoms with Crippen LogP contribution in [0.1, 0.15) is 28.4 Å². The Hall–Kier alpha value is -3.32. The molecule has 2 aromatic rings. The van der Waals surface area contributed by atoms with Crippen molar-refractivity contribution >= 4 is 46.9 Å². The maximum atomic E-state index is 12.9. The molecule has 0 unspecified atom stereocenters. The van der Waals surface area contributed by atoms with Gasteiger partial charge < -0.3 is 5.11 Å². The molecule has 1 heterocycles. The van der Waals surface area contributed by atoms with Gasteiger partial charge in [0.2, 0.25) is 0 Å². The lowest BCUT2D eigenvalue weighted by molar-refractivity contribution is -0.122. The third-order valence-corrected chi connectivity index (χ3v) is 4.46. The predicted molar refractivity (Wildman–Crippen MR) is 105 cm³/mol. The van der Waals surface area contributed by atoms with Crippen LogP contribution < -0.4 is 10.2 Å². The van der Waals surface area contributed by atoms with Gasteiger partial charge in [-0.05, 0) is 60.1 Å². The Morgan fingerprint density at radius 3 is 2.30 bits per heavy atom. The van der Waals surface area contributed by atoms with Gasteiger partial charge in [-0.1, -0.05) is 31.2 Å². The first kappa shape index (κ1) is 18.5. The highest BCUT2D eigenvalue weighted by Gasteiger charge is 2.34. The van der Waals surface area contributed by atoms with Crippen LogP contribution in [0.4, 0.5) is 5.69 Å². The van der Waals surface area contributed by atoms with Crippen LogP contribution in [0.5, 0.6) is 0 Å². The van der Waals surface area contributed by atoms with Gasteiger partial charge in [-0.15, -0.1) is 0 Å². The summed E-state index contributed by atoms with van der Waals surface area (Å²) in [5.74, 6) is -2.17. The lowest BCUT2D eigenvalue weighted by Gasteiger charge is -2.29. The number of hydrogen-bond donors (Lipinski definition) is 2. The van der Waals surface area contributed by atoms with Gasteiger partial charge in [-0.25, -0.2) is 4.79 Å². The van der Waals surface area contributed by atoms with Crippen molar-refractivity contribution in [2.24, 2.45) is 0 Å². The van der Waals surface area contributed by atoms with E-state index in [1.165, 1.54) is 35.2 Å². The average Bonchev–Trinajstić information content (AvgIpc) is 2.66. The summed E-state index contributed by atoms with van der Waals surface area (Å²) in [7, 11) is 0. The number of hydrogen-bond acceptors (Lipinski definition) is 4. The SMILES string of the molecule is CCc1ccc(N2C(=O)/C(=C/c3ccc(C(=O)O)cc3)C(=O)NC2=S)cc1. The summed E-state index contributed by atoms with van der Waals surface area (Å²) in [6.07, 6.45) is 2.28. The molecule has 0 bridgehead atoms. The second kappa shape index (κ2) is 7.51. The molecule has 1 aliphatic heterocycles. The predicted octanol–water partition coefficient (Wildman–Crippen LogP) is 2.78. The molecule has 1 saturated heterocycles. The highest BCUT2D eigenvalue weighted by Crippen LogP contribution is 2.22. The number of carboxylic acids is 1. The van der Waals surface area contributed by atoms with Crippen LogP contribution in [0.3, 0.4) is 0 Å². The molecule has 0 aromatic heterocycles. The summed E-state index contributed by atoms with van der Waals surface area (Å²) in [5.41, 5.74) is 2.26. The number of carbonyl (C=O) groups excluding carboxylic acids is 2. The van der Waals surface area contributed by atoms with Crippen LogP contribution in [-0.2, 0) is 16.0 Å². The van der Waals surface area contributed by atoms with Gasteiger partial charge in [-0.3, -0.25) is 19.8 Å². The van der Waals surface area contributed by atoms with Gasteiger partial charge in [0.15, 0.2) is 5.11 Å². The molecule has 6 nitrogen and oxygen atoms in total. The first-order chi connectivity index (χ1) is 12.9. The van der Waals surface area contributed by atoms with Crippen LogP contribution in [0, 0.1) is 0 Å². The number of benzene rings is 2. The van der Waals surface area contributed by atoms with E-state index >= 15 is 0 Å². The zero-order chi connectivity index (χ0) is 19.6. The average molecular weight is 380 g/mol. The fraction of sp³-hybridized carbons (Fsp3) is 0.100. The summed E-state index contributed by atoms with van der Waals surface area (Å²) in [6.45, 7) is 2.03. The molecule has 27 heavy (non-hydrogen) atoms. The molecule has 0 saturated carbocycles. The number of aromatic carboxylic acids is 1. The van der Waals surface area contributed by atoms with Crippen molar-refractivity contribution in [1.82, 2.24) is 5.32 Å². The smallest absolute Gasteiger partial charge is 0.335 e. The Kier molecular flexibility index (Phi) is 5.14. The van der Waals surface area contributed by atoms with Gasteiger partial charge in [0.1, 0.15) is 5.57 Å². The van der Waals surface area contributed by atoms with E-state index in [-0.39, 0.29) is 16.2 Å².